The van der Waals surface area contributed by atoms with E-state index in [2.05, 4.69) is 15.7 Å². The number of amides is 1. The van der Waals surface area contributed by atoms with E-state index in [1.807, 2.05) is 25.3 Å². The number of carbonyl (C=O) groups is 1. The number of thiazole rings is 1. The Morgan fingerprint density at radius 1 is 1.42 bits per heavy atom. The highest BCUT2D eigenvalue weighted by molar-refractivity contribution is 7.09. The summed E-state index contributed by atoms with van der Waals surface area (Å²) in [6, 6.07) is 5.37. The molecule has 0 aliphatic heterocycles. The first-order valence-corrected chi connectivity index (χ1v) is 6.74. The maximum Gasteiger partial charge on any atom is 0.251 e. The van der Waals surface area contributed by atoms with Gasteiger partial charge in [0.15, 0.2) is 0 Å². The Hall–Kier alpha value is -1.92. The molecule has 100 valence electrons. The summed E-state index contributed by atoms with van der Waals surface area (Å²) >= 11 is 1.54. The summed E-state index contributed by atoms with van der Waals surface area (Å²) < 4.78 is 0. The molecule has 6 heteroatoms. The quantitative estimate of drug-likeness (QED) is 0.589. The van der Waals surface area contributed by atoms with Crippen molar-refractivity contribution >= 4 is 22.9 Å². The third-order valence-corrected chi connectivity index (χ3v) is 3.67. The van der Waals surface area contributed by atoms with Crippen molar-refractivity contribution in [2.24, 2.45) is 5.84 Å². The van der Waals surface area contributed by atoms with Crippen molar-refractivity contribution in [3.63, 3.8) is 0 Å². The first kappa shape index (κ1) is 13.5. The monoisotopic (exact) mass is 276 g/mol. The van der Waals surface area contributed by atoms with E-state index in [0.29, 0.717) is 12.1 Å². The molecule has 1 aromatic heterocycles. The number of aromatic nitrogens is 1. The second-order valence-electron chi connectivity index (χ2n) is 4.24. The van der Waals surface area contributed by atoms with Gasteiger partial charge < -0.3 is 10.7 Å². The number of nitrogens with one attached hydrogen (secondary N) is 2. The van der Waals surface area contributed by atoms with Crippen LogP contribution in [0.3, 0.4) is 0 Å². The van der Waals surface area contributed by atoms with Crippen molar-refractivity contribution in [3.8, 4) is 0 Å². The topological polar surface area (TPSA) is 80.0 Å². The summed E-state index contributed by atoms with van der Waals surface area (Å²) in [4.78, 5) is 16.4. The summed E-state index contributed by atoms with van der Waals surface area (Å²) in [5.41, 5.74) is 5.84. The molecule has 5 nitrogen and oxygen atoms in total. The number of hydrogen-bond donors (Lipinski definition) is 3. The predicted molar refractivity (Wildman–Crippen MR) is 77.0 cm³/mol. The van der Waals surface area contributed by atoms with Crippen LogP contribution >= 0.6 is 11.3 Å². The first-order chi connectivity index (χ1) is 9.10. The van der Waals surface area contributed by atoms with E-state index in [1.54, 1.807) is 23.5 Å². The predicted octanol–water partition coefficient (Wildman–Crippen LogP) is 1.98. The lowest BCUT2D eigenvalue weighted by molar-refractivity contribution is 0.0950. The van der Waals surface area contributed by atoms with Crippen LogP contribution in [0.5, 0.6) is 0 Å². The second-order valence-corrected chi connectivity index (χ2v) is 5.18. The molecule has 0 unspecified atom stereocenters. The highest BCUT2D eigenvalue weighted by Gasteiger charge is 2.09. The molecule has 0 radical (unpaired) electrons. The molecule has 19 heavy (non-hydrogen) atoms. The number of nitrogens with two attached hydrogens (primary N) is 1. The van der Waals surface area contributed by atoms with Crippen LogP contribution in [0.4, 0.5) is 5.69 Å². The highest BCUT2D eigenvalue weighted by atomic mass is 32.1. The third-order valence-electron chi connectivity index (χ3n) is 2.70. The van der Waals surface area contributed by atoms with Gasteiger partial charge >= 0.3 is 0 Å². The molecule has 0 aliphatic rings. The molecule has 0 spiro atoms. The largest absolute Gasteiger partial charge is 0.346 e. The van der Waals surface area contributed by atoms with Crippen LogP contribution in [-0.4, -0.2) is 10.9 Å². The van der Waals surface area contributed by atoms with Crippen molar-refractivity contribution in [1.29, 1.82) is 0 Å². The van der Waals surface area contributed by atoms with Gasteiger partial charge in [0, 0.05) is 22.3 Å². The summed E-state index contributed by atoms with van der Waals surface area (Å²) in [5, 5.41) is 5.74. The van der Waals surface area contributed by atoms with E-state index >= 15 is 0 Å². The molecule has 0 saturated carbocycles. The lowest BCUT2D eigenvalue weighted by Crippen LogP contribution is -2.23. The molecule has 1 amide bonds. The first-order valence-electron chi connectivity index (χ1n) is 5.86. The molecular formula is C13H16N4OS. The van der Waals surface area contributed by atoms with E-state index in [4.69, 9.17) is 5.84 Å². The second kappa shape index (κ2) is 5.81. The van der Waals surface area contributed by atoms with Gasteiger partial charge in [-0.05, 0) is 37.6 Å². The smallest absolute Gasteiger partial charge is 0.251 e. The Morgan fingerprint density at radius 2 is 2.21 bits per heavy atom. The van der Waals surface area contributed by atoms with Crippen molar-refractivity contribution in [2.75, 3.05) is 5.43 Å². The normalized spacial score (nSPS) is 10.3. The number of carbonyl (C=O) groups excluding carboxylic acids is 1. The number of hydrogen-bond acceptors (Lipinski definition) is 5. The summed E-state index contributed by atoms with van der Waals surface area (Å²) in [7, 11) is 0. The molecule has 1 aromatic carbocycles. The minimum atomic E-state index is -0.103. The molecular weight excluding hydrogens is 260 g/mol. The van der Waals surface area contributed by atoms with Crippen LogP contribution in [0, 0.1) is 13.8 Å². The van der Waals surface area contributed by atoms with Gasteiger partial charge in [0.05, 0.1) is 6.54 Å². The zero-order valence-electron chi connectivity index (χ0n) is 10.9. The van der Waals surface area contributed by atoms with Gasteiger partial charge in [0.25, 0.3) is 5.91 Å². The van der Waals surface area contributed by atoms with Gasteiger partial charge in [-0.1, -0.05) is 0 Å². The van der Waals surface area contributed by atoms with Gasteiger partial charge in [-0.15, -0.1) is 11.3 Å². The number of nitrogens with zero attached hydrogens (tertiary/aromatic N) is 1. The number of aryl methyl sites for hydroxylation is 2. The number of hydrazine groups is 1. The average Bonchev–Trinajstić information content (AvgIpc) is 2.81. The fourth-order valence-electron chi connectivity index (χ4n) is 1.74. The van der Waals surface area contributed by atoms with E-state index in [1.165, 1.54) is 0 Å². The molecule has 0 saturated heterocycles. The van der Waals surface area contributed by atoms with Crippen LogP contribution in [-0.2, 0) is 6.54 Å². The van der Waals surface area contributed by atoms with Gasteiger partial charge in [0.1, 0.15) is 5.01 Å². The van der Waals surface area contributed by atoms with Gasteiger partial charge in [-0.25, -0.2) is 4.98 Å². The minimum absolute atomic E-state index is 0.103. The SMILES string of the molecule is Cc1csc(CNC(=O)c2ccc(NN)cc2C)n1. The molecule has 1 heterocycles. The number of benzene rings is 1. The van der Waals surface area contributed by atoms with Crippen LogP contribution in [0.2, 0.25) is 0 Å². The van der Waals surface area contributed by atoms with Crippen molar-refractivity contribution in [2.45, 2.75) is 20.4 Å². The summed E-state index contributed by atoms with van der Waals surface area (Å²) in [6.07, 6.45) is 0. The van der Waals surface area contributed by atoms with Crippen molar-refractivity contribution in [1.82, 2.24) is 10.3 Å². The van der Waals surface area contributed by atoms with Crippen LogP contribution < -0.4 is 16.6 Å². The van der Waals surface area contributed by atoms with E-state index in [9.17, 15) is 4.79 Å². The maximum absolute atomic E-state index is 12.1. The fraction of sp³-hybridized carbons (Fsp3) is 0.231. The average molecular weight is 276 g/mol. The van der Waals surface area contributed by atoms with E-state index in [-0.39, 0.29) is 5.91 Å². The number of anilines is 1. The Morgan fingerprint density at radius 3 is 2.79 bits per heavy atom. The molecule has 0 aliphatic carbocycles. The molecule has 0 bridgehead atoms. The molecule has 2 aromatic rings. The van der Waals surface area contributed by atoms with Crippen LogP contribution in [0.25, 0.3) is 0 Å². The van der Waals surface area contributed by atoms with Crippen LogP contribution in [0.1, 0.15) is 26.6 Å². The standard InChI is InChI=1S/C13H16N4OS/c1-8-5-10(17-14)3-4-11(8)13(18)15-6-12-16-9(2)7-19-12/h3-5,7,17H,6,14H2,1-2H3,(H,15,18). The number of nitrogen functional groups attached to an aromatic ring is 1. The maximum atomic E-state index is 12.1. The lowest BCUT2D eigenvalue weighted by atomic mass is 10.1. The Labute approximate surface area is 115 Å². The zero-order chi connectivity index (χ0) is 13.8. The zero-order valence-corrected chi connectivity index (χ0v) is 11.7. The Kier molecular flexibility index (Phi) is 4.13. The summed E-state index contributed by atoms with van der Waals surface area (Å²) in [5.74, 6) is 5.22. The molecule has 2 rings (SSSR count). The number of rotatable bonds is 4. The fourth-order valence-corrected chi connectivity index (χ4v) is 2.45. The Bertz CT molecular complexity index is 594. The summed E-state index contributed by atoms with van der Waals surface area (Å²) in [6.45, 7) is 4.27. The third kappa shape index (κ3) is 3.30. The van der Waals surface area contributed by atoms with Crippen molar-refractivity contribution < 1.29 is 4.79 Å². The van der Waals surface area contributed by atoms with Crippen molar-refractivity contribution in [3.05, 3.63) is 45.4 Å². The molecule has 0 fully saturated rings. The molecule has 0 atom stereocenters. The molecule has 4 N–H and O–H groups in total. The van der Waals surface area contributed by atoms with E-state index < -0.39 is 0 Å². The minimum Gasteiger partial charge on any atom is -0.346 e. The lowest BCUT2D eigenvalue weighted by Gasteiger charge is -2.08. The Balaban J connectivity index is 2.03. The van der Waals surface area contributed by atoms with Gasteiger partial charge in [-0.3, -0.25) is 10.6 Å². The van der Waals surface area contributed by atoms with Gasteiger partial charge in [-0.2, -0.15) is 0 Å². The van der Waals surface area contributed by atoms with E-state index in [0.717, 1.165) is 22.0 Å². The highest BCUT2D eigenvalue weighted by Crippen LogP contribution is 2.14. The van der Waals surface area contributed by atoms with Crippen LogP contribution in [0.15, 0.2) is 23.6 Å². The van der Waals surface area contributed by atoms with Gasteiger partial charge in [0.2, 0.25) is 0 Å².